The van der Waals surface area contributed by atoms with Crippen molar-refractivity contribution in [2.24, 2.45) is 0 Å². The number of rotatable bonds is 6. The van der Waals surface area contributed by atoms with E-state index in [9.17, 15) is 19.5 Å². The molecular weight excluding hydrogens is 205 g/mol. The Bertz CT molecular complexity index is 224. The maximum atomic E-state index is 10.8. The summed E-state index contributed by atoms with van der Waals surface area (Å²) in [6.45, 7) is 4.55. The SMILES string of the molecule is C=CC(=O)CCCN(C)P(C)(O)(O)O. The van der Waals surface area contributed by atoms with Crippen LogP contribution in [0.1, 0.15) is 12.8 Å². The second-order valence-electron chi connectivity index (χ2n) is 3.49. The molecule has 0 fully saturated rings. The second kappa shape index (κ2) is 4.47. The first-order valence-electron chi connectivity index (χ1n) is 4.27. The minimum absolute atomic E-state index is 0.0939. The molecule has 0 atom stereocenters. The van der Waals surface area contributed by atoms with Crippen LogP contribution in [0, 0.1) is 0 Å². The zero-order valence-electron chi connectivity index (χ0n) is 8.55. The fraction of sp³-hybridized carbons (Fsp3) is 0.625. The van der Waals surface area contributed by atoms with Crippen molar-refractivity contribution >= 4 is 13.2 Å². The van der Waals surface area contributed by atoms with Crippen LogP contribution in [0.15, 0.2) is 12.7 Å². The first kappa shape index (κ1) is 13.7. The molecule has 0 aliphatic carbocycles. The van der Waals surface area contributed by atoms with E-state index in [2.05, 4.69) is 6.58 Å². The molecule has 0 saturated carbocycles. The Balaban J connectivity index is 3.93. The van der Waals surface area contributed by atoms with E-state index in [4.69, 9.17) is 0 Å². The van der Waals surface area contributed by atoms with Gasteiger partial charge in [0, 0.05) is 0 Å². The van der Waals surface area contributed by atoms with Crippen LogP contribution in [-0.4, -0.2) is 45.4 Å². The molecule has 0 aromatic carbocycles. The Morgan fingerprint density at radius 3 is 2.36 bits per heavy atom. The first-order valence-corrected chi connectivity index (χ1v) is 6.76. The third kappa shape index (κ3) is 5.42. The van der Waals surface area contributed by atoms with E-state index in [0.717, 1.165) is 11.3 Å². The molecule has 14 heavy (non-hydrogen) atoms. The molecular formula is C8H18NO4P. The Morgan fingerprint density at radius 2 is 2.00 bits per heavy atom. The Kier molecular flexibility index (Phi) is 4.36. The zero-order valence-corrected chi connectivity index (χ0v) is 9.44. The fourth-order valence-electron chi connectivity index (χ4n) is 0.818. The number of carbonyl (C=O) groups excluding carboxylic acids is 1. The summed E-state index contributed by atoms with van der Waals surface area (Å²) in [5, 5.41) is 0. The number of allylic oxidation sites excluding steroid dienone is 1. The van der Waals surface area contributed by atoms with E-state index in [1.54, 1.807) is 0 Å². The molecule has 0 spiro atoms. The van der Waals surface area contributed by atoms with Crippen LogP contribution in [-0.2, 0) is 4.79 Å². The van der Waals surface area contributed by atoms with Gasteiger partial charge in [-0.15, -0.1) is 0 Å². The molecule has 0 aromatic rings. The van der Waals surface area contributed by atoms with E-state index in [-0.39, 0.29) is 12.3 Å². The minimum atomic E-state index is -4.61. The third-order valence-corrected chi connectivity index (χ3v) is 3.73. The van der Waals surface area contributed by atoms with Crippen molar-refractivity contribution in [1.82, 2.24) is 4.67 Å². The van der Waals surface area contributed by atoms with Crippen LogP contribution < -0.4 is 0 Å². The molecule has 3 N–H and O–H groups in total. The van der Waals surface area contributed by atoms with Gasteiger partial charge in [0.15, 0.2) is 0 Å². The average Bonchev–Trinajstić information content (AvgIpc) is 2.00. The summed E-state index contributed by atoms with van der Waals surface area (Å²) in [4.78, 5) is 38.5. The molecule has 0 rings (SSSR count). The molecule has 0 unspecified atom stereocenters. The van der Waals surface area contributed by atoms with E-state index in [1.807, 2.05) is 0 Å². The van der Waals surface area contributed by atoms with Crippen LogP contribution in [0.4, 0.5) is 0 Å². The number of ketones is 1. The first-order chi connectivity index (χ1) is 6.13. The number of nitrogens with zero attached hydrogens (tertiary/aromatic N) is 1. The van der Waals surface area contributed by atoms with Gasteiger partial charge >= 0.3 is 83.1 Å². The molecule has 0 aliphatic rings. The average molecular weight is 223 g/mol. The Hall–Kier alpha value is -0.320. The summed E-state index contributed by atoms with van der Waals surface area (Å²) in [5.74, 6) is -0.0939. The van der Waals surface area contributed by atoms with Gasteiger partial charge in [-0.1, -0.05) is 0 Å². The van der Waals surface area contributed by atoms with Gasteiger partial charge in [0.2, 0.25) is 0 Å². The van der Waals surface area contributed by atoms with Crippen molar-refractivity contribution in [3.63, 3.8) is 0 Å². The maximum absolute atomic E-state index is 10.8. The second-order valence-corrected chi connectivity index (χ2v) is 6.85. The molecule has 6 heteroatoms. The van der Waals surface area contributed by atoms with Gasteiger partial charge in [-0.3, -0.25) is 0 Å². The monoisotopic (exact) mass is 223 g/mol. The number of hydrogen-bond acceptors (Lipinski definition) is 5. The molecule has 0 aliphatic heterocycles. The van der Waals surface area contributed by atoms with Crippen LogP contribution in [0.2, 0.25) is 0 Å². The standard InChI is InChI=1S/C8H18NO4P/c1-4-8(10)6-5-7-9(2)14(3,11,12)13/h4,11-13H,1,5-7H2,2-3H3. The molecule has 5 nitrogen and oxygen atoms in total. The summed E-state index contributed by atoms with van der Waals surface area (Å²) in [6.07, 6.45) is 1.97. The topological polar surface area (TPSA) is 81.0 Å². The summed E-state index contributed by atoms with van der Waals surface area (Å²) in [6, 6.07) is 0. The predicted molar refractivity (Wildman–Crippen MR) is 56.6 cm³/mol. The van der Waals surface area contributed by atoms with E-state index in [1.165, 1.54) is 13.1 Å². The number of hydrogen-bond donors (Lipinski definition) is 3. The Morgan fingerprint density at radius 1 is 1.50 bits per heavy atom. The fourth-order valence-corrected chi connectivity index (χ4v) is 1.43. The van der Waals surface area contributed by atoms with Crippen molar-refractivity contribution < 1.29 is 19.5 Å². The number of carbonyl (C=O) groups is 1. The molecule has 0 amide bonds. The molecule has 0 aromatic heterocycles. The molecule has 0 bridgehead atoms. The molecule has 0 radical (unpaired) electrons. The van der Waals surface area contributed by atoms with Crippen molar-refractivity contribution in [3.8, 4) is 0 Å². The quantitative estimate of drug-likeness (QED) is 0.445. The molecule has 0 saturated heterocycles. The molecule has 84 valence electrons. The zero-order chi connectivity index (χ0) is 11.4. The van der Waals surface area contributed by atoms with Crippen molar-refractivity contribution in [3.05, 3.63) is 12.7 Å². The van der Waals surface area contributed by atoms with E-state index >= 15 is 0 Å². The van der Waals surface area contributed by atoms with Crippen LogP contribution >= 0.6 is 7.43 Å². The van der Waals surface area contributed by atoms with Gasteiger partial charge in [0.25, 0.3) is 0 Å². The van der Waals surface area contributed by atoms with Crippen LogP contribution in [0.5, 0.6) is 0 Å². The van der Waals surface area contributed by atoms with Gasteiger partial charge < -0.3 is 0 Å². The summed E-state index contributed by atoms with van der Waals surface area (Å²) in [5.41, 5.74) is 0. The van der Waals surface area contributed by atoms with E-state index in [0.29, 0.717) is 12.8 Å². The van der Waals surface area contributed by atoms with Crippen LogP contribution in [0.25, 0.3) is 0 Å². The summed E-state index contributed by atoms with van der Waals surface area (Å²) < 4.78 is 1.07. The van der Waals surface area contributed by atoms with Crippen LogP contribution in [0.3, 0.4) is 0 Å². The van der Waals surface area contributed by atoms with Crippen molar-refractivity contribution in [2.75, 3.05) is 20.3 Å². The van der Waals surface area contributed by atoms with Gasteiger partial charge in [-0.05, 0) is 0 Å². The van der Waals surface area contributed by atoms with Crippen molar-refractivity contribution in [2.45, 2.75) is 12.8 Å². The summed E-state index contributed by atoms with van der Waals surface area (Å²) >= 11 is 0. The van der Waals surface area contributed by atoms with Gasteiger partial charge in [-0.25, -0.2) is 0 Å². The van der Waals surface area contributed by atoms with Gasteiger partial charge in [0.1, 0.15) is 0 Å². The van der Waals surface area contributed by atoms with E-state index < -0.39 is 7.43 Å². The predicted octanol–water partition coefficient (Wildman–Crippen LogP) is 0.273. The normalized spacial score (nSPS) is 14.9. The Labute approximate surface area is 83.9 Å². The van der Waals surface area contributed by atoms with Gasteiger partial charge in [0.05, 0.1) is 0 Å². The summed E-state index contributed by atoms with van der Waals surface area (Å²) in [7, 11) is -3.21. The third-order valence-electron chi connectivity index (χ3n) is 1.93. The van der Waals surface area contributed by atoms with Gasteiger partial charge in [-0.2, -0.15) is 0 Å². The molecule has 0 heterocycles. The van der Waals surface area contributed by atoms with Crippen molar-refractivity contribution in [1.29, 1.82) is 0 Å².